The van der Waals surface area contributed by atoms with Crippen LogP contribution in [0.5, 0.6) is 5.75 Å². The third kappa shape index (κ3) is 5.03. The lowest BCUT2D eigenvalue weighted by Gasteiger charge is -2.38. The normalized spacial score (nSPS) is 20.3. The summed E-state index contributed by atoms with van der Waals surface area (Å²) in [7, 11) is 2.10. The average molecular weight is 333 g/mol. The fraction of sp³-hybridized carbons (Fsp3) is 0.632. The highest BCUT2D eigenvalue weighted by atomic mass is 16.5. The maximum Gasteiger partial charge on any atom is 0.139 e. The number of carbonyl (C=O) groups is 1. The number of aldehydes is 1. The molecule has 1 heterocycles. The highest BCUT2D eigenvalue weighted by Crippen LogP contribution is 2.22. The highest BCUT2D eigenvalue weighted by Gasteiger charge is 2.28. The Labute approximate surface area is 145 Å². The molecule has 0 aromatic heterocycles. The Kier molecular flexibility index (Phi) is 7.21. The summed E-state index contributed by atoms with van der Waals surface area (Å²) < 4.78 is 5.78. The largest absolute Gasteiger partial charge is 0.493 e. The van der Waals surface area contributed by atoms with Gasteiger partial charge in [0.1, 0.15) is 12.0 Å². The first-order valence-electron chi connectivity index (χ1n) is 8.91. The van der Waals surface area contributed by atoms with E-state index in [9.17, 15) is 4.79 Å². The molecule has 0 radical (unpaired) electrons. The number of hydrogen-bond donors (Lipinski definition) is 1. The van der Waals surface area contributed by atoms with Gasteiger partial charge in [-0.2, -0.15) is 0 Å². The van der Waals surface area contributed by atoms with Crippen molar-refractivity contribution in [3.05, 3.63) is 29.8 Å². The average Bonchev–Trinajstić information content (AvgIpc) is 2.62. The molecule has 2 N–H and O–H groups in total. The molecule has 0 aliphatic carbocycles. The minimum Gasteiger partial charge on any atom is -0.493 e. The van der Waals surface area contributed by atoms with Gasteiger partial charge in [-0.15, -0.1) is 0 Å². The SMILES string of the molecule is CCC(C)COc1ccc(C(N)C(C=O)N2CCN(C)CC2)cc1. The van der Waals surface area contributed by atoms with Crippen molar-refractivity contribution in [3.63, 3.8) is 0 Å². The topological polar surface area (TPSA) is 58.8 Å². The molecule has 1 aromatic rings. The van der Waals surface area contributed by atoms with Crippen LogP contribution in [0.25, 0.3) is 0 Å². The molecule has 1 aliphatic heterocycles. The first kappa shape index (κ1) is 18.9. The van der Waals surface area contributed by atoms with Gasteiger partial charge in [0, 0.05) is 26.2 Å². The van der Waals surface area contributed by atoms with Crippen LogP contribution in [0.1, 0.15) is 31.9 Å². The first-order valence-corrected chi connectivity index (χ1v) is 8.91. The molecule has 1 aliphatic rings. The number of nitrogens with two attached hydrogens (primary N) is 1. The summed E-state index contributed by atoms with van der Waals surface area (Å²) in [6.07, 6.45) is 2.10. The van der Waals surface area contributed by atoms with Gasteiger partial charge in [-0.1, -0.05) is 32.4 Å². The van der Waals surface area contributed by atoms with Gasteiger partial charge < -0.3 is 20.2 Å². The van der Waals surface area contributed by atoms with Crippen LogP contribution in [0, 0.1) is 5.92 Å². The van der Waals surface area contributed by atoms with E-state index in [2.05, 4.69) is 30.7 Å². The predicted molar refractivity (Wildman–Crippen MR) is 97.2 cm³/mol. The van der Waals surface area contributed by atoms with Crippen LogP contribution in [0.15, 0.2) is 24.3 Å². The van der Waals surface area contributed by atoms with Gasteiger partial charge in [0.25, 0.3) is 0 Å². The van der Waals surface area contributed by atoms with E-state index in [1.54, 1.807) is 0 Å². The van der Waals surface area contributed by atoms with Gasteiger partial charge in [-0.05, 0) is 30.7 Å². The molecule has 24 heavy (non-hydrogen) atoms. The lowest BCUT2D eigenvalue weighted by atomic mass is 9.99. The maximum atomic E-state index is 11.6. The van der Waals surface area contributed by atoms with Gasteiger partial charge in [-0.25, -0.2) is 0 Å². The third-order valence-electron chi connectivity index (χ3n) is 4.96. The number of ether oxygens (including phenoxy) is 1. The van der Waals surface area contributed by atoms with E-state index in [-0.39, 0.29) is 12.1 Å². The van der Waals surface area contributed by atoms with Crippen molar-refractivity contribution in [2.45, 2.75) is 32.4 Å². The summed E-state index contributed by atoms with van der Waals surface area (Å²) in [6, 6.07) is 7.26. The smallest absolute Gasteiger partial charge is 0.139 e. The van der Waals surface area contributed by atoms with Crippen molar-refractivity contribution in [1.29, 1.82) is 0 Å². The van der Waals surface area contributed by atoms with Gasteiger partial charge in [0.15, 0.2) is 0 Å². The second-order valence-electron chi connectivity index (χ2n) is 6.89. The van der Waals surface area contributed by atoms with E-state index < -0.39 is 0 Å². The molecule has 0 amide bonds. The molecule has 1 saturated heterocycles. The number of piperazine rings is 1. The van der Waals surface area contributed by atoms with E-state index in [0.29, 0.717) is 5.92 Å². The standard InChI is InChI=1S/C19H31N3O2/c1-4-15(2)14-24-17-7-5-16(6-8-17)19(20)18(13-23)22-11-9-21(3)10-12-22/h5-8,13,15,18-19H,4,9-12,14,20H2,1-3H3. The molecule has 3 atom stereocenters. The van der Waals surface area contributed by atoms with Gasteiger partial charge in [0.05, 0.1) is 18.7 Å². The molecule has 0 spiro atoms. The number of benzene rings is 1. The summed E-state index contributed by atoms with van der Waals surface area (Å²) in [5.41, 5.74) is 7.36. The fourth-order valence-corrected chi connectivity index (χ4v) is 2.86. The molecular weight excluding hydrogens is 302 g/mol. The number of rotatable bonds is 8. The quantitative estimate of drug-likeness (QED) is 0.737. The summed E-state index contributed by atoms with van der Waals surface area (Å²) in [4.78, 5) is 16.1. The van der Waals surface area contributed by atoms with E-state index in [1.807, 2.05) is 24.3 Å². The second-order valence-corrected chi connectivity index (χ2v) is 6.89. The molecule has 0 saturated carbocycles. The molecule has 2 rings (SSSR count). The fourth-order valence-electron chi connectivity index (χ4n) is 2.86. The maximum absolute atomic E-state index is 11.6. The molecule has 5 heteroatoms. The predicted octanol–water partition coefficient (Wildman–Crippen LogP) is 1.93. The Balaban J connectivity index is 1.97. The van der Waals surface area contributed by atoms with Crippen molar-refractivity contribution in [1.82, 2.24) is 9.80 Å². The Hall–Kier alpha value is -1.43. The second kappa shape index (κ2) is 9.16. The van der Waals surface area contributed by atoms with Crippen LogP contribution < -0.4 is 10.5 Å². The zero-order valence-corrected chi connectivity index (χ0v) is 15.1. The Bertz CT molecular complexity index is 498. The Morgan fingerprint density at radius 1 is 1.21 bits per heavy atom. The molecular formula is C19H31N3O2. The summed E-state index contributed by atoms with van der Waals surface area (Å²) in [5, 5.41) is 0. The van der Waals surface area contributed by atoms with Crippen molar-refractivity contribution < 1.29 is 9.53 Å². The van der Waals surface area contributed by atoms with Gasteiger partial charge >= 0.3 is 0 Å². The number of carbonyl (C=O) groups excluding carboxylic acids is 1. The number of hydrogen-bond acceptors (Lipinski definition) is 5. The summed E-state index contributed by atoms with van der Waals surface area (Å²) >= 11 is 0. The van der Waals surface area contributed by atoms with Crippen molar-refractivity contribution in [2.24, 2.45) is 11.7 Å². The van der Waals surface area contributed by atoms with Crippen LogP contribution in [-0.4, -0.2) is 62.0 Å². The summed E-state index contributed by atoms with van der Waals surface area (Å²) in [5.74, 6) is 1.40. The molecule has 1 fully saturated rings. The van der Waals surface area contributed by atoms with Gasteiger partial charge in [-0.3, -0.25) is 4.90 Å². The lowest BCUT2D eigenvalue weighted by Crippen LogP contribution is -2.52. The van der Waals surface area contributed by atoms with Crippen LogP contribution in [0.4, 0.5) is 0 Å². The van der Waals surface area contributed by atoms with Crippen molar-refractivity contribution in [2.75, 3.05) is 39.8 Å². The van der Waals surface area contributed by atoms with E-state index in [0.717, 1.165) is 56.8 Å². The van der Waals surface area contributed by atoms with E-state index in [1.165, 1.54) is 0 Å². The molecule has 0 bridgehead atoms. The first-order chi connectivity index (χ1) is 11.5. The van der Waals surface area contributed by atoms with Crippen LogP contribution in [0.2, 0.25) is 0 Å². The highest BCUT2D eigenvalue weighted by molar-refractivity contribution is 5.60. The lowest BCUT2D eigenvalue weighted by molar-refractivity contribution is -0.113. The van der Waals surface area contributed by atoms with Crippen molar-refractivity contribution in [3.8, 4) is 5.75 Å². The molecule has 3 unspecified atom stereocenters. The van der Waals surface area contributed by atoms with Gasteiger partial charge in [0.2, 0.25) is 0 Å². The van der Waals surface area contributed by atoms with Crippen molar-refractivity contribution >= 4 is 6.29 Å². The Morgan fingerprint density at radius 3 is 2.38 bits per heavy atom. The van der Waals surface area contributed by atoms with Crippen LogP contribution in [0.3, 0.4) is 0 Å². The zero-order valence-electron chi connectivity index (χ0n) is 15.1. The molecule has 5 nitrogen and oxygen atoms in total. The van der Waals surface area contributed by atoms with E-state index >= 15 is 0 Å². The minimum absolute atomic E-state index is 0.273. The number of likely N-dealkylation sites (N-methyl/N-ethyl adjacent to an activating group) is 1. The zero-order chi connectivity index (χ0) is 17.5. The minimum atomic E-state index is -0.311. The van der Waals surface area contributed by atoms with Crippen LogP contribution >= 0.6 is 0 Å². The third-order valence-corrected chi connectivity index (χ3v) is 4.96. The molecule has 1 aromatic carbocycles. The van der Waals surface area contributed by atoms with E-state index in [4.69, 9.17) is 10.5 Å². The summed E-state index contributed by atoms with van der Waals surface area (Å²) in [6.45, 7) is 8.76. The Morgan fingerprint density at radius 2 is 1.83 bits per heavy atom. The van der Waals surface area contributed by atoms with Crippen LogP contribution in [-0.2, 0) is 4.79 Å². The molecule has 134 valence electrons. The number of nitrogens with zero attached hydrogens (tertiary/aromatic N) is 2. The monoisotopic (exact) mass is 333 g/mol.